The summed E-state index contributed by atoms with van der Waals surface area (Å²) in [6.07, 6.45) is 6.35. The minimum atomic E-state index is -0.221. The average Bonchev–Trinajstić information content (AvgIpc) is 3.28. The molecule has 1 aliphatic heterocycles. The summed E-state index contributed by atoms with van der Waals surface area (Å²) in [7, 11) is 0. The highest BCUT2D eigenvalue weighted by atomic mass is 35.5. The SMILES string of the molecule is Nc1ncnc2cc(CN3CCN(CC=Cc4ccc(Cl)s4)[C@@H](Cc4ccccc4)C3=O)ccc12. The molecule has 1 amide bonds. The molecule has 35 heavy (non-hydrogen) atoms. The number of carbonyl (C=O) groups is 1. The van der Waals surface area contributed by atoms with Crippen LogP contribution in [-0.4, -0.2) is 51.4 Å². The molecule has 178 valence electrons. The van der Waals surface area contributed by atoms with Crippen LogP contribution in [0.2, 0.25) is 4.34 Å². The molecule has 1 saturated heterocycles. The van der Waals surface area contributed by atoms with E-state index in [2.05, 4.69) is 39.2 Å². The van der Waals surface area contributed by atoms with Gasteiger partial charge in [0.2, 0.25) is 5.91 Å². The molecule has 4 aromatic rings. The van der Waals surface area contributed by atoms with Crippen LogP contribution in [0.4, 0.5) is 5.82 Å². The maximum Gasteiger partial charge on any atom is 0.240 e. The Kier molecular flexibility index (Phi) is 7.08. The number of thiophene rings is 1. The number of rotatable bonds is 7. The van der Waals surface area contributed by atoms with Gasteiger partial charge < -0.3 is 10.6 Å². The van der Waals surface area contributed by atoms with Crippen LogP contribution in [0.25, 0.3) is 17.0 Å². The maximum atomic E-state index is 13.7. The van der Waals surface area contributed by atoms with Crippen molar-refractivity contribution in [2.24, 2.45) is 0 Å². The fraction of sp³-hybridized carbons (Fsp3) is 0.222. The van der Waals surface area contributed by atoms with Crippen molar-refractivity contribution >= 4 is 51.6 Å². The van der Waals surface area contributed by atoms with Gasteiger partial charge >= 0.3 is 0 Å². The zero-order valence-corrected chi connectivity index (χ0v) is 20.8. The van der Waals surface area contributed by atoms with Gasteiger partial charge in [-0.3, -0.25) is 9.69 Å². The molecule has 0 bridgehead atoms. The Balaban J connectivity index is 1.33. The van der Waals surface area contributed by atoms with Crippen LogP contribution in [0, 0.1) is 0 Å². The molecule has 2 aromatic carbocycles. The molecule has 2 N–H and O–H groups in total. The predicted molar refractivity (Wildman–Crippen MR) is 143 cm³/mol. The van der Waals surface area contributed by atoms with Crippen LogP contribution in [-0.2, 0) is 17.8 Å². The monoisotopic (exact) mass is 503 g/mol. The number of carbonyl (C=O) groups excluding carboxylic acids is 1. The molecule has 0 unspecified atom stereocenters. The van der Waals surface area contributed by atoms with E-state index in [9.17, 15) is 4.79 Å². The van der Waals surface area contributed by atoms with Crippen molar-refractivity contribution in [1.82, 2.24) is 19.8 Å². The second-order valence-corrected chi connectivity index (χ2v) is 10.4. The molecule has 1 atom stereocenters. The highest BCUT2D eigenvalue weighted by molar-refractivity contribution is 7.16. The van der Waals surface area contributed by atoms with Crippen molar-refractivity contribution in [3.63, 3.8) is 0 Å². The van der Waals surface area contributed by atoms with Gasteiger partial charge in [-0.1, -0.05) is 54.1 Å². The molecule has 0 radical (unpaired) electrons. The Labute approximate surface area is 213 Å². The average molecular weight is 504 g/mol. The number of piperazine rings is 1. The van der Waals surface area contributed by atoms with E-state index in [0.717, 1.165) is 37.8 Å². The molecule has 1 fully saturated rings. The lowest BCUT2D eigenvalue weighted by molar-refractivity contribution is -0.142. The summed E-state index contributed by atoms with van der Waals surface area (Å²) in [5.41, 5.74) is 8.95. The quantitative estimate of drug-likeness (QED) is 0.388. The van der Waals surface area contributed by atoms with Crippen LogP contribution in [0.3, 0.4) is 0 Å². The normalized spacial score (nSPS) is 17.0. The Bertz CT molecular complexity index is 1360. The number of amides is 1. The van der Waals surface area contributed by atoms with E-state index in [0.29, 0.717) is 31.9 Å². The molecule has 0 saturated carbocycles. The standard InChI is InChI=1S/C27H26ClN5OS/c28-25-11-9-21(35-25)7-4-12-32-13-14-33(27(34)24(32)16-19-5-2-1-3-6-19)17-20-8-10-22-23(15-20)30-18-31-26(22)29/h1-11,15,18,24H,12-14,16-17H2,(H2,29,30,31)/t24-/m0/s1. The summed E-state index contributed by atoms with van der Waals surface area (Å²) in [6, 6.07) is 19.8. The number of aromatic nitrogens is 2. The zero-order chi connectivity index (χ0) is 24.2. The molecule has 0 spiro atoms. The second kappa shape index (κ2) is 10.6. The Hall–Kier alpha value is -3.26. The third-order valence-corrected chi connectivity index (χ3v) is 7.48. The van der Waals surface area contributed by atoms with Gasteiger partial charge in [0.25, 0.3) is 0 Å². The molecule has 6 nitrogen and oxygen atoms in total. The van der Waals surface area contributed by atoms with Gasteiger partial charge in [0, 0.05) is 36.4 Å². The van der Waals surface area contributed by atoms with E-state index in [-0.39, 0.29) is 11.9 Å². The first kappa shape index (κ1) is 23.5. The minimum Gasteiger partial charge on any atom is -0.383 e. The fourth-order valence-electron chi connectivity index (χ4n) is 4.48. The topological polar surface area (TPSA) is 75.3 Å². The summed E-state index contributed by atoms with van der Waals surface area (Å²) in [6.45, 7) is 2.73. The predicted octanol–water partition coefficient (Wildman–Crippen LogP) is 4.90. The summed E-state index contributed by atoms with van der Waals surface area (Å²) in [4.78, 5) is 27.4. The number of nitrogens with two attached hydrogens (primary N) is 1. The highest BCUT2D eigenvalue weighted by Gasteiger charge is 2.34. The van der Waals surface area contributed by atoms with Crippen LogP contribution in [0.15, 0.2) is 73.1 Å². The van der Waals surface area contributed by atoms with E-state index in [1.54, 1.807) is 11.3 Å². The smallest absolute Gasteiger partial charge is 0.240 e. The van der Waals surface area contributed by atoms with E-state index < -0.39 is 0 Å². The number of benzene rings is 2. The Morgan fingerprint density at radius 2 is 1.91 bits per heavy atom. The van der Waals surface area contributed by atoms with E-state index >= 15 is 0 Å². The molecular weight excluding hydrogens is 478 g/mol. The van der Waals surface area contributed by atoms with Gasteiger partial charge in [0.15, 0.2) is 0 Å². The highest BCUT2D eigenvalue weighted by Crippen LogP contribution is 2.24. The molecule has 8 heteroatoms. The Morgan fingerprint density at radius 1 is 1.06 bits per heavy atom. The van der Waals surface area contributed by atoms with Crippen molar-refractivity contribution in [3.05, 3.63) is 93.4 Å². The van der Waals surface area contributed by atoms with Crippen LogP contribution in [0.5, 0.6) is 0 Å². The largest absolute Gasteiger partial charge is 0.383 e. The fourth-order valence-corrected chi connectivity index (χ4v) is 5.47. The summed E-state index contributed by atoms with van der Waals surface area (Å²) in [5, 5.41) is 0.827. The minimum absolute atomic E-state index is 0.148. The van der Waals surface area contributed by atoms with Gasteiger partial charge in [0.1, 0.15) is 12.1 Å². The number of halogens is 1. The van der Waals surface area contributed by atoms with Crippen LogP contribution < -0.4 is 5.73 Å². The first-order valence-electron chi connectivity index (χ1n) is 11.5. The number of fused-ring (bicyclic) bond motifs is 1. The second-order valence-electron chi connectivity index (χ2n) is 8.61. The van der Waals surface area contributed by atoms with Gasteiger partial charge in [-0.05, 0) is 47.9 Å². The van der Waals surface area contributed by atoms with Gasteiger partial charge in [-0.2, -0.15) is 0 Å². The van der Waals surface area contributed by atoms with Gasteiger partial charge in [-0.15, -0.1) is 11.3 Å². The van der Waals surface area contributed by atoms with Gasteiger partial charge in [0.05, 0.1) is 15.9 Å². The van der Waals surface area contributed by atoms with Crippen molar-refractivity contribution in [1.29, 1.82) is 0 Å². The zero-order valence-electron chi connectivity index (χ0n) is 19.2. The summed E-state index contributed by atoms with van der Waals surface area (Å²) in [5.74, 6) is 0.613. The first-order chi connectivity index (χ1) is 17.1. The van der Waals surface area contributed by atoms with Crippen molar-refractivity contribution < 1.29 is 4.79 Å². The van der Waals surface area contributed by atoms with Crippen molar-refractivity contribution in [2.45, 2.75) is 19.0 Å². The van der Waals surface area contributed by atoms with Crippen molar-refractivity contribution in [3.8, 4) is 0 Å². The number of hydrogen-bond acceptors (Lipinski definition) is 6. The van der Waals surface area contributed by atoms with Crippen molar-refractivity contribution in [2.75, 3.05) is 25.4 Å². The molecule has 2 aromatic heterocycles. The summed E-state index contributed by atoms with van der Waals surface area (Å²) < 4.78 is 0.776. The third kappa shape index (κ3) is 5.53. The van der Waals surface area contributed by atoms with Crippen LogP contribution in [0.1, 0.15) is 16.0 Å². The first-order valence-corrected chi connectivity index (χ1v) is 12.7. The maximum absolute atomic E-state index is 13.7. The molecule has 0 aliphatic carbocycles. The number of nitrogens with zero attached hydrogens (tertiary/aromatic N) is 4. The van der Waals surface area contributed by atoms with E-state index in [1.807, 2.05) is 53.4 Å². The third-order valence-electron chi connectivity index (χ3n) is 6.29. The molecule has 3 heterocycles. The lowest BCUT2D eigenvalue weighted by Crippen LogP contribution is -2.57. The number of nitrogen functional groups attached to an aromatic ring is 1. The van der Waals surface area contributed by atoms with Gasteiger partial charge in [-0.25, -0.2) is 9.97 Å². The number of hydrogen-bond donors (Lipinski definition) is 1. The van der Waals surface area contributed by atoms with E-state index in [1.165, 1.54) is 6.33 Å². The molecule has 1 aliphatic rings. The molecule has 5 rings (SSSR count). The van der Waals surface area contributed by atoms with E-state index in [4.69, 9.17) is 17.3 Å². The lowest BCUT2D eigenvalue weighted by atomic mass is 10.0. The lowest BCUT2D eigenvalue weighted by Gasteiger charge is -2.40. The summed E-state index contributed by atoms with van der Waals surface area (Å²) >= 11 is 7.60. The molecular formula is C27H26ClN5OS. The number of anilines is 1. The Morgan fingerprint density at radius 3 is 2.71 bits per heavy atom. The van der Waals surface area contributed by atoms with Crippen LogP contribution >= 0.6 is 22.9 Å².